The standard InChI is InChI=1S/C7H14O4/c1-2-7(11,5-9)6(10)3-4-8/h4,6,9-11H,2-3,5H2,1H3/t6-,7+/m0/s1. The van der Waals surface area contributed by atoms with E-state index in [1.165, 1.54) is 0 Å². The SMILES string of the molecule is CC[C@@](O)(CO)[C@@H](O)CC=O. The number of hydrogen-bond donors (Lipinski definition) is 3. The van der Waals surface area contributed by atoms with Crippen LogP contribution in [0.3, 0.4) is 0 Å². The fraction of sp³-hybridized carbons (Fsp3) is 0.857. The van der Waals surface area contributed by atoms with Crippen LogP contribution < -0.4 is 0 Å². The van der Waals surface area contributed by atoms with Crippen molar-refractivity contribution in [3.05, 3.63) is 0 Å². The summed E-state index contributed by atoms with van der Waals surface area (Å²) >= 11 is 0. The number of aliphatic hydroxyl groups excluding tert-OH is 2. The predicted molar refractivity (Wildman–Crippen MR) is 39.0 cm³/mol. The van der Waals surface area contributed by atoms with Gasteiger partial charge in [0.1, 0.15) is 11.9 Å². The van der Waals surface area contributed by atoms with Crippen LogP contribution in [0.15, 0.2) is 0 Å². The first kappa shape index (κ1) is 10.6. The monoisotopic (exact) mass is 162 g/mol. The highest BCUT2D eigenvalue weighted by molar-refractivity contribution is 5.50. The Morgan fingerprint density at radius 2 is 2.18 bits per heavy atom. The van der Waals surface area contributed by atoms with Gasteiger partial charge in [0.25, 0.3) is 0 Å². The first-order chi connectivity index (χ1) is 5.10. The zero-order valence-corrected chi connectivity index (χ0v) is 6.53. The minimum absolute atomic E-state index is 0.148. The van der Waals surface area contributed by atoms with E-state index in [9.17, 15) is 9.90 Å². The van der Waals surface area contributed by atoms with Gasteiger partial charge in [-0.2, -0.15) is 0 Å². The Morgan fingerprint density at radius 1 is 1.64 bits per heavy atom. The van der Waals surface area contributed by atoms with Crippen molar-refractivity contribution in [3.63, 3.8) is 0 Å². The first-order valence-electron chi connectivity index (χ1n) is 3.55. The summed E-state index contributed by atoms with van der Waals surface area (Å²) in [6.45, 7) is 1.10. The van der Waals surface area contributed by atoms with Gasteiger partial charge in [-0.1, -0.05) is 6.92 Å². The molecule has 0 saturated carbocycles. The Balaban J connectivity index is 4.10. The maximum absolute atomic E-state index is 9.94. The van der Waals surface area contributed by atoms with Gasteiger partial charge in [-0.15, -0.1) is 0 Å². The van der Waals surface area contributed by atoms with Crippen molar-refractivity contribution in [3.8, 4) is 0 Å². The third-order valence-corrected chi connectivity index (χ3v) is 1.83. The molecule has 0 aromatic rings. The Bertz CT molecular complexity index is 120. The summed E-state index contributed by atoms with van der Waals surface area (Å²) in [5.74, 6) is 0. The summed E-state index contributed by atoms with van der Waals surface area (Å²) in [5, 5.41) is 27.2. The van der Waals surface area contributed by atoms with Gasteiger partial charge in [0.15, 0.2) is 0 Å². The molecule has 0 fully saturated rings. The second-order valence-electron chi connectivity index (χ2n) is 2.53. The van der Waals surface area contributed by atoms with E-state index in [1.54, 1.807) is 6.92 Å². The summed E-state index contributed by atoms with van der Waals surface area (Å²) in [4.78, 5) is 9.94. The van der Waals surface area contributed by atoms with Gasteiger partial charge in [-0.25, -0.2) is 0 Å². The molecule has 4 nitrogen and oxygen atoms in total. The average molecular weight is 162 g/mol. The molecule has 0 radical (unpaired) electrons. The maximum atomic E-state index is 9.94. The fourth-order valence-electron chi connectivity index (χ4n) is 0.763. The largest absolute Gasteiger partial charge is 0.393 e. The van der Waals surface area contributed by atoms with Gasteiger partial charge >= 0.3 is 0 Å². The molecule has 0 aromatic carbocycles. The van der Waals surface area contributed by atoms with Crippen molar-refractivity contribution >= 4 is 6.29 Å². The van der Waals surface area contributed by atoms with Crippen LogP contribution in [0.4, 0.5) is 0 Å². The van der Waals surface area contributed by atoms with Crippen LogP contribution in [0.25, 0.3) is 0 Å². The lowest BCUT2D eigenvalue weighted by Crippen LogP contribution is -2.45. The van der Waals surface area contributed by atoms with Gasteiger partial charge < -0.3 is 20.1 Å². The van der Waals surface area contributed by atoms with E-state index >= 15 is 0 Å². The van der Waals surface area contributed by atoms with Crippen molar-refractivity contribution < 1.29 is 20.1 Å². The van der Waals surface area contributed by atoms with Crippen LogP contribution in [-0.4, -0.2) is 39.9 Å². The van der Waals surface area contributed by atoms with Crippen molar-refractivity contribution in [2.45, 2.75) is 31.5 Å². The average Bonchev–Trinajstić information content (AvgIpc) is 2.03. The lowest BCUT2D eigenvalue weighted by molar-refractivity contribution is -0.125. The molecule has 0 unspecified atom stereocenters. The maximum Gasteiger partial charge on any atom is 0.122 e. The molecular formula is C7H14O4. The second-order valence-corrected chi connectivity index (χ2v) is 2.53. The van der Waals surface area contributed by atoms with E-state index in [0.717, 1.165) is 0 Å². The second kappa shape index (κ2) is 4.43. The topological polar surface area (TPSA) is 77.8 Å². The number of hydrogen-bond acceptors (Lipinski definition) is 4. The third kappa shape index (κ3) is 2.57. The minimum Gasteiger partial charge on any atom is -0.393 e. The molecule has 0 aliphatic carbocycles. The molecule has 4 heteroatoms. The smallest absolute Gasteiger partial charge is 0.122 e. The van der Waals surface area contributed by atoms with Gasteiger partial charge in [0.05, 0.1) is 12.7 Å². The predicted octanol–water partition coefficient (Wildman–Crippen LogP) is -0.930. The molecule has 0 amide bonds. The molecule has 0 aliphatic rings. The number of aldehydes is 1. The minimum atomic E-state index is -1.53. The highest BCUT2D eigenvalue weighted by atomic mass is 16.4. The van der Waals surface area contributed by atoms with Gasteiger partial charge in [0.2, 0.25) is 0 Å². The van der Waals surface area contributed by atoms with Crippen LogP contribution in [0.1, 0.15) is 19.8 Å². The molecule has 0 aromatic heterocycles. The van der Waals surface area contributed by atoms with Crippen molar-refractivity contribution in [2.24, 2.45) is 0 Å². The first-order valence-corrected chi connectivity index (χ1v) is 3.55. The fourth-order valence-corrected chi connectivity index (χ4v) is 0.763. The molecule has 0 rings (SSSR count). The number of rotatable bonds is 5. The van der Waals surface area contributed by atoms with E-state index in [4.69, 9.17) is 10.2 Å². The molecular weight excluding hydrogens is 148 g/mol. The summed E-state index contributed by atoms with van der Waals surface area (Å²) in [5.41, 5.74) is -1.53. The van der Waals surface area contributed by atoms with Gasteiger partial charge in [0, 0.05) is 6.42 Å². The van der Waals surface area contributed by atoms with Gasteiger partial charge in [-0.3, -0.25) is 0 Å². The Morgan fingerprint density at radius 3 is 2.45 bits per heavy atom. The van der Waals surface area contributed by atoms with Crippen molar-refractivity contribution in [2.75, 3.05) is 6.61 Å². The Labute approximate surface area is 65.5 Å². The van der Waals surface area contributed by atoms with Crippen molar-refractivity contribution in [1.82, 2.24) is 0 Å². The van der Waals surface area contributed by atoms with Crippen molar-refractivity contribution in [1.29, 1.82) is 0 Å². The van der Waals surface area contributed by atoms with Gasteiger partial charge in [-0.05, 0) is 6.42 Å². The molecule has 0 saturated heterocycles. The summed E-state index contributed by atoms with van der Waals surface area (Å²) in [6, 6.07) is 0. The Kier molecular flexibility index (Phi) is 4.25. The van der Waals surface area contributed by atoms with E-state index in [-0.39, 0.29) is 12.8 Å². The molecule has 0 heterocycles. The zero-order chi connectivity index (χ0) is 8.91. The van der Waals surface area contributed by atoms with E-state index in [2.05, 4.69) is 0 Å². The summed E-state index contributed by atoms with van der Waals surface area (Å²) in [6.07, 6.45) is -0.584. The van der Waals surface area contributed by atoms with Crippen LogP contribution in [-0.2, 0) is 4.79 Å². The highest BCUT2D eigenvalue weighted by Gasteiger charge is 2.32. The molecule has 11 heavy (non-hydrogen) atoms. The Hall–Kier alpha value is -0.450. The van der Waals surface area contributed by atoms with Crippen LogP contribution in [0, 0.1) is 0 Å². The third-order valence-electron chi connectivity index (χ3n) is 1.83. The molecule has 0 bridgehead atoms. The van der Waals surface area contributed by atoms with Crippen LogP contribution >= 0.6 is 0 Å². The molecule has 0 spiro atoms. The molecule has 66 valence electrons. The summed E-state index contributed by atoms with van der Waals surface area (Å²) < 4.78 is 0. The van der Waals surface area contributed by atoms with Crippen LogP contribution in [0.2, 0.25) is 0 Å². The molecule has 2 atom stereocenters. The number of carbonyl (C=O) groups excluding carboxylic acids is 1. The number of carbonyl (C=O) groups is 1. The van der Waals surface area contributed by atoms with E-state index in [0.29, 0.717) is 6.29 Å². The normalized spacial score (nSPS) is 18.9. The molecule has 3 N–H and O–H groups in total. The van der Waals surface area contributed by atoms with E-state index in [1.807, 2.05) is 0 Å². The lowest BCUT2D eigenvalue weighted by atomic mass is 9.93. The molecule has 0 aliphatic heterocycles. The highest BCUT2D eigenvalue weighted by Crippen LogP contribution is 2.16. The number of aliphatic hydroxyl groups is 3. The quantitative estimate of drug-likeness (QED) is 0.456. The van der Waals surface area contributed by atoms with E-state index < -0.39 is 18.3 Å². The summed E-state index contributed by atoms with van der Waals surface area (Å²) in [7, 11) is 0. The van der Waals surface area contributed by atoms with Crippen LogP contribution in [0.5, 0.6) is 0 Å². The lowest BCUT2D eigenvalue weighted by Gasteiger charge is -2.28. The zero-order valence-electron chi connectivity index (χ0n) is 6.53.